The highest BCUT2D eigenvalue weighted by molar-refractivity contribution is 5.71. The van der Waals surface area contributed by atoms with Crippen molar-refractivity contribution < 1.29 is 9.84 Å². The van der Waals surface area contributed by atoms with Gasteiger partial charge in [0.2, 0.25) is 0 Å². The summed E-state index contributed by atoms with van der Waals surface area (Å²) in [5.74, 6) is 0.730. The van der Waals surface area contributed by atoms with Gasteiger partial charge in [0.25, 0.3) is 5.56 Å². The fourth-order valence-corrected chi connectivity index (χ4v) is 4.99. The molecular formula is C30H40N6O4. The van der Waals surface area contributed by atoms with Crippen molar-refractivity contribution in [3.05, 3.63) is 92.4 Å². The molecule has 0 saturated carbocycles. The van der Waals surface area contributed by atoms with E-state index in [1.807, 2.05) is 66.1 Å². The Balaban J connectivity index is 1.85. The number of aromatic nitrogens is 4. The summed E-state index contributed by atoms with van der Waals surface area (Å²) in [6.07, 6.45) is 1.66. The zero-order chi connectivity index (χ0) is 28.5. The number of aliphatic hydroxyl groups excluding tert-OH is 1. The fourth-order valence-electron chi connectivity index (χ4n) is 4.99. The maximum Gasteiger partial charge on any atom is 0.332 e. The van der Waals surface area contributed by atoms with E-state index in [0.717, 1.165) is 23.5 Å². The molecule has 0 bridgehead atoms. The van der Waals surface area contributed by atoms with Gasteiger partial charge in [0.15, 0.2) is 11.2 Å². The molecule has 0 unspecified atom stereocenters. The summed E-state index contributed by atoms with van der Waals surface area (Å²) in [5.41, 5.74) is 8.78. The van der Waals surface area contributed by atoms with E-state index < -0.39 is 0 Å². The second kappa shape index (κ2) is 14.1. The number of aliphatic hydroxyl groups is 1. The third kappa shape index (κ3) is 6.88. The second-order valence-electron chi connectivity index (χ2n) is 9.90. The van der Waals surface area contributed by atoms with Crippen LogP contribution in [-0.4, -0.2) is 68.6 Å². The largest absolute Gasteiger partial charge is 0.399 e. The number of fused-ring (bicyclic) bond motifs is 1. The molecule has 4 aromatic rings. The average molecular weight is 549 g/mol. The minimum atomic E-state index is -0.365. The van der Waals surface area contributed by atoms with Gasteiger partial charge in [-0.05, 0) is 42.6 Å². The molecule has 0 aliphatic carbocycles. The number of methoxy groups -OCH3 is 1. The SMILES string of the molecule is CCN(CCO)CCn1c(Cc2ccccc2)nc2c1c(=O)n(CCCOC)c(=O)n2CCc1ccc(N)cc1. The van der Waals surface area contributed by atoms with Crippen LogP contribution in [0.1, 0.15) is 30.3 Å². The van der Waals surface area contributed by atoms with Crippen molar-refractivity contribution in [2.24, 2.45) is 0 Å². The van der Waals surface area contributed by atoms with Gasteiger partial charge in [0, 0.05) is 58.5 Å². The van der Waals surface area contributed by atoms with E-state index in [-0.39, 0.29) is 24.4 Å². The summed E-state index contributed by atoms with van der Waals surface area (Å²) >= 11 is 0. The number of hydrogen-bond donors (Lipinski definition) is 2. The summed E-state index contributed by atoms with van der Waals surface area (Å²) in [6, 6.07) is 17.6. The van der Waals surface area contributed by atoms with Crippen LogP contribution in [0.4, 0.5) is 5.69 Å². The van der Waals surface area contributed by atoms with Gasteiger partial charge >= 0.3 is 5.69 Å². The maximum atomic E-state index is 13.9. The molecule has 0 atom stereocenters. The summed E-state index contributed by atoms with van der Waals surface area (Å²) in [7, 11) is 1.60. The normalized spacial score (nSPS) is 11.6. The van der Waals surface area contributed by atoms with Crippen LogP contribution in [0.2, 0.25) is 0 Å². The predicted molar refractivity (Wildman–Crippen MR) is 158 cm³/mol. The molecule has 40 heavy (non-hydrogen) atoms. The summed E-state index contributed by atoms with van der Waals surface area (Å²) < 4.78 is 10.1. The third-order valence-corrected chi connectivity index (χ3v) is 7.24. The quantitative estimate of drug-likeness (QED) is 0.172. The molecule has 2 heterocycles. The van der Waals surface area contributed by atoms with E-state index in [2.05, 4.69) is 4.90 Å². The van der Waals surface area contributed by atoms with Gasteiger partial charge in [-0.25, -0.2) is 9.78 Å². The lowest BCUT2D eigenvalue weighted by molar-refractivity contribution is 0.189. The minimum absolute atomic E-state index is 0.0619. The van der Waals surface area contributed by atoms with Gasteiger partial charge in [0.1, 0.15) is 5.82 Å². The number of aryl methyl sites for hydroxylation is 2. The first-order chi connectivity index (χ1) is 19.5. The highest BCUT2D eigenvalue weighted by Gasteiger charge is 2.22. The Hall–Kier alpha value is -3.73. The number of nitrogen functional groups attached to an aromatic ring is 1. The molecule has 214 valence electrons. The lowest BCUT2D eigenvalue weighted by Crippen LogP contribution is -2.41. The lowest BCUT2D eigenvalue weighted by atomic mass is 10.1. The smallest absolute Gasteiger partial charge is 0.332 e. The first-order valence-electron chi connectivity index (χ1n) is 13.9. The summed E-state index contributed by atoms with van der Waals surface area (Å²) in [5, 5.41) is 9.50. The van der Waals surface area contributed by atoms with Crippen molar-refractivity contribution >= 4 is 16.9 Å². The number of benzene rings is 2. The van der Waals surface area contributed by atoms with E-state index in [9.17, 15) is 14.7 Å². The van der Waals surface area contributed by atoms with Gasteiger partial charge in [-0.2, -0.15) is 0 Å². The Bertz CT molecular complexity index is 1490. The van der Waals surface area contributed by atoms with E-state index in [1.54, 1.807) is 11.7 Å². The van der Waals surface area contributed by atoms with E-state index in [0.29, 0.717) is 68.9 Å². The van der Waals surface area contributed by atoms with Gasteiger partial charge in [-0.15, -0.1) is 0 Å². The fraction of sp³-hybridized carbons (Fsp3) is 0.433. The number of ether oxygens (including phenoxy) is 1. The molecule has 4 rings (SSSR count). The molecule has 0 radical (unpaired) electrons. The molecule has 3 N–H and O–H groups in total. The maximum absolute atomic E-state index is 13.9. The number of nitrogens with zero attached hydrogens (tertiary/aromatic N) is 5. The van der Waals surface area contributed by atoms with Crippen LogP contribution in [0, 0.1) is 0 Å². The van der Waals surface area contributed by atoms with Crippen LogP contribution in [0.5, 0.6) is 0 Å². The Morgan fingerprint density at radius 2 is 1.68 bits per heavy atom. The Kier molecular flexibility index (Phi) is 10.3. The van der Waals surface area contributed by atoms with Crippen molar-refractivity contribution in [1.82, 2.24) is 23.6 Å². The number of hydrogen-bond acceptors (Lipinski definition) is 7. The van der Waals surface area contributed by atoms with Crippen LogP contribution >= 0.6 is 0 Å². The molecule has 0 aliphatic rings. The summed E-state index contributed by atoms with van der Waals surface area (Å²) in [6.45, 7) is 5.65. The Morgan fingerprint density at radius 1 is 0.925 bits per heavy atom. The highest BCUT2D eigenvalue weighted by atomic mass is 16.5. The molecular weight excluding hydrogens is 508 g/mol. The van der Waals surface area contributed by atoms with Gasteiger partial charge in [0.05, 0.1) is 6.61 Å². The average Bonchev–Trinajstić information content (AvgIpc) is 3.32. The number of likely N-dealkylation sites (N-methyl/N-ethyl adjacent to an activating group) is 1. The van der Waals surface area contributed by atoms with Crippen LogP contribution in [0.25, 0.3) is 11.2 Å². The zero-order valence-electron chi connectivity index (χ0n) is 23.5. The van der Waals surface area contributed by atoms with E-state index >= 15 is 0 Å². The Labute approximate surface area is 234 Å². The van der Waals surface area contributed by atoms with E-state index in [4.69, 9.17) is 15.5 Å². The van der Waals surface area contributed by atoms with Crippen LogP contribution in [0.15, 0.2) is 64.2 Å². The molecule has 0 spiro atoms. The molecule has 0 aliphatic heterocycles. The zero-order valence-corrected chi connectivity index (χ0v) is 23.5. The third-order valence-electron chi connectivity index (χ3n) is 7.24. The minimum Gasteiger partial charge on any atom is -0.399 e. The Morgan fingerprint density at radius 3 is 2.35 bits per heavy atom. The molecule has 10 heteroatoms. The number of rotatable bonds is 15. The van der Waals surface area contributed by atoms with E-state index in [1.165, 1.54) is 4.57 Å². The second-order valence-corrected chi connectivity index (χ2v) is 9.90. The van der Waals surface area contributed by atoms with Crippen molar-refractivity contribution in [2.45, 2.75) is 45.8 Å². The predicted octanol–water partition coefficient (Wildman–Crippen LogP) is 2.13. The molecule has 0 saturated heterocycles. The van der Waals surface area contributed by atoms with Crippen molar-refractivity contribution in [3.8, 4) is 0 Å². The molecule has 2 aromatic carbocycles. The standard InChI is InChI=1S/C30H40N6O4/c1-3-33(19-20-37)17-18-34-26(22-24-8-5-4-6-9-24)32-28-27(34)29(38)36(15-7-21-40-2)30(39)35(28)16-14-23-10-12-25(31)13-11-23/h4-6,8-13,37H,3,7,14-22,31H2,1-2H3. The monoisotopic (exact) mass is 548 g/mol. The van der Waals surface area contributed by atoms with Gasteiger partial charge in [-0.3, -0.25) is 18.8 Å². The number of imidazole rings is 1. The molecule has 10 nitrogen and oxygen atoms in total. The number of nitrogens with two attached hydrogens (primary N) is 1. The van der Waals surface area contributed by atoms with Crippen molar-refractivity contribution in [1.29, 1.82) is 0 Å². The van der Waals surface area contributed by atoms with Crippen LogP contribution in [-0.2, 0) is 37.2 Å². The molecule has 2 aromatic heterocycles. The number of anilines is 1. The van der Waals surface area contributed by atoms with Crippen LogP contribution in [0.3, 0.4) is 0 Å². The summed E-state index contributed by atoms with van der Waals surface area (Å²) in [4.78, 5) is 34.7. The van der Waals surface area contributed by atoms with Crippen LogP contribution < -0.4 is 17.0 Å². The molecule has 0 fully saturated rings. The highest BCUT2D eigenvalue weighted by Crippen LogP contribution is 2.17. The van der Waals surface area contributed by atoms with Crippen molar-refractivity contribution in [2.75, 3.05) is 45.7 Å². The first kappa shape index (κ1) is 29.3. The van der Waals surface area contributed by atoms with Crippen molar-refractivity contribution in [3.63, 3.8) is 0 Å². The lowest BCUT2D eigenvalue weighted by Gasteiger charge is -2.20. The topological polar surface area (TPSA) is 121 Å². The first-order valence-corrected chi connectivity index (χ1v) is 13.9. The van der Waals surface area contributed by atoms with Gasteiger partial charge in [-0.1, -0.05) is 49.4 Å². The van der Waals surface area contributed by atoms with Gasteiger partial charge < -0.3 is 20.1 Å². The molecule has 0 amide bonds.